The molecule has 0 radical (unpaired) electrons. The summed E-state index contributed by atoms with van der Waals surface area (Å²) in [7, 11) is 0. The third-order valence-electron chi connectivity index (χ3n) is 2.76. The van der Waals surface area contributed by atoms with Crippen molar-refractivity contribution in [3.63, 3.8) is 0 Å². The number of amides is 1. The van der Waals surface area contributed by atoms with Crippen molar-refractivity contribution in [1.82, 2.24) is 10.1 Å². The van der Waals surface area contributed by atoms with E-state index in [2.05, 4.69) is 5.29 Å². The average Bonchev–Trinajstić information content (AvgIpc) is 2.25. The van der Waals surface area contributed by atoms with Crippen molar-refractivity contribution in [2.45, 2.75) is 19.8 Å². The molecule has 0 aliphatic carbocycles. The third-order valence-corrected chi connectivity index (χ3v) is 2.76. The van der Waals surface area contributed by atoms with Crippen LogP contribution < -0.4 is 5.73 Å². The number of hydrogen-bond donors (Lipinski definition) is 1. The van der Waals surface area contributed by atoms with Crippen molar-refractivity contribution in [2.75, 3.05) is 19.6 Å². The number of carbonyl (C=O) groups excluding carboxylic acids is 2. The van der Waals surface area contributed by atoms with Gasteiger partial charge in [0.2, 0.25) is 5.91 Å². The lowest BCUT2D eigenvalue weighted by atomic mass is 9.94. The number of Topliss-reactive ketones (excluding diaryl/α,β-unsaturated/α-hetero) is 1. The van der Waals surface area contributed by atoms with Gasteiger partial charge in [-0.15, -0.1) is 4.91 Å². The monoisotopic (exact) mass is 228 g/mol. The molecule has 0 bridgehead atoms. The van der Waals surface area contributed by atoms with E-state index in [0.717, 1.165) is 5.12 Å². The van der Waals surface area contributed by atoms with Gasteiger partial charge in [0.1, 0.15) is 12.3 Å². The van der Waals surface area contributed by atoms with E-state index in [-0.39, 0.29) is 18.2 Å². The van der Waals surface area contributed by atoms with Gasteiger partial charge in [-0.05, 0) is 19.8 Å². The zero-order valence-corrected chi connectivity index (χ0v) is 9.26. The lowest BCUT2D eigenvalue weighted by Crippen LogP contribution is -2.47. The lowest BCUT2D eigenvalue weighted by molar-refractivity contribution is -0.131. The topological polar surface area (TPSA) is 96.1 Å². The van der Waals surface area contributed by atoms with Gasteiger partial charge in [0, 0.05) is 19.0 Å². The van der Waals surface area contributed by atoms with E-state index < -0.39 is 5.91 Å². The first-order chi connectivity index (χ1) is 7.54. The average molecular weight is 228 g/mol. The van der Waals surface area contributed by atoms with Gasteiger partial charge in [0.05, 0.1) is 5.29 Å². The van der Waals surface area contributed by atoms with Crippen LogP contribution in [0.3, 0.4) is 0 Å². The van der Waals surface area contributed by atoms with Crippen LogP contribution in [0.4, 0.5) is 0 Å². The van der Waals surface area contributed by atoms with E-state index in [1.165, 1.54) is 0 Å². The summed E-state index contributed by atoms with van der Waals surface area (Å²) < 4.78 is 0. The van der Waals surface area contributed by atoms with E-state index >= 15 is 0 Å². The minimum Gasteiger partial charge on any atom is -0.368 e. The maximum absolute atomic E-state index is 11.1. The molecule has 1 saturated heterocycles. The highest BCUT2D eigenvalue weighted by Crippen LogP contribution is 2.19. The molecular weight excluding hydrogens is 212 g/mol. The highest BCUT2D eigenvalue weighted by molar-refractivity contribution is 5.78. The van der Waals surface area contributed by atoms with Crippen LogP contribution in [0.25, 0.3) is 0 Å². The number of nitrogens with zero attached hydrogens (tertiary/aromatic N) is 3. The fourth-order valence-corrected chi connectivity index (χ4v) is 1.82. The third kappa shape index (κ3) is 3.27. The molecule has 7 heteroatoms. The molecule has 0 atom stereocenters. The number of rotatable bonds is 5. The van der Waals surface area contributed by atoms with Crippen molar-refractivity contribution >= 4 is 11.7 Å². The number of nitroso groups, excluding NO2 is 1. The number of ketones is 1. The van der Waals surface area contributed by atoms with Crippen LogP contribution in [-0.2, 0) is 9.59 Å². The lowest BCUT2D eigenvalue weighted by Gasteiger charge is -2.34. The predicted molar refractivity (Wildman–Crippen MR) is 56.7 cm³/mol. The van der Waals surface area contributed by atoms with Crippen molar-refractivity contribution < 1.29 is 9.59 Å². The van der Waals surface area contributed by atoms with Crippen molar-refractivity contribution in [2.24, 2.45) is 16.9 Å². The molecule has 0 aromatic heterocycles. The van der Waals surface area contributed by atoms with Crippen molar-refractivity contribution in [3.05, 3.63) is 4.91 Å². The quantitative estimate of drug-likeness (QED) is 0.513. The van der Waals surface area contributed by atoms with Crippen LogP contribution in [0.1, 0.15) is 19.8 Å². The standard InChI is InChI=1S/C9H16N4O3/c1-7(14)8-2-4-12(5-3-8)13(11-16)6-9(10)15/h8H,2-6H2,1H3,(H2,10,15). The highest BCUT2D eigenvalue weighted by Gasteiger charge is 2.26. The van der Waals surface area contributed by atoms with Crippen LogP contribution in [0.15, 0.2) is 5.29 Å². The summed E-state index contributed by atoms with van der Waals surface area (Å²) in [5, 5.41) is 5.42. The second kappa shape index (κ2) is 5.55. The molecule has 90 valence electrons. The molecule has 16 heavy (non-hydrogen) atoms. The summed E-state index contributed by atoms with van der Waals surface area (Å²) in [5.74, 6) is -0.383. The Bertz CT molecular complexity index is 286. The van der Waals surface area contributed by atoms with Gasteiger partial charge >= 0.3 is 0 Å². The first-order valence-corrected chi connectivity index (χ1v) is 5.19. The fraction of sp³-hybridized carbons (Fsp3) is 0.778. The SMILES string of the molecule is CC(=O)C1CCN(N(CC(N)=O)N=O)CC1. The van der Waals surface area contributed by atoms with Gasteiger partial charge in [-0.3, -0.25) is 9.59 Å². The molecule has 0 saturated carbocycles. The predicted octanol–water partition coefficient (Wildman–Crippen LogP) is -0.329. The zero-order chi connectivity index (χ0) is 12.1. The van der Waals surface area contributed by atoms with E-state index in [1.807, 2.05) is 0 Å². The Kier molecular flexibility index (Phi) is 4.36. The Morgan fingerprint density at radius 2 is 2.00 bits per heavy atom. The van der Waals surface area contributed by atoms with Gasteiger partial charge in [0.15, 0.2) is 0 Å². The summed E-state index contributed by atoms with van der Waals surface area (Å²) in [5.41, 5.74) is 4.99. The van der Waals surface area contributed by atoms with Crippen LogP contribution in [0.2, 0.25) is 0 Å². The number of primary amides is 1. The molecule has 1 fully saturated rings. The number of nitrogens with two attached hydrogens (primary N) is 1. The molecule has 0 aromatic rings. The molecule has 7 nitrogen and oxygen atoms in total. The molecular formula is C9H16N4O3. The normalized spacial score (nSPS) is 18.1. The van der Waals surface area contributed by atoms with E-state index in [4.69, 9.17) is 5.73 Å². The smallest absolute Gasteiger partial charge is 0.240 e. The molecule has 0 spiro atoms. The van der Waals surface area contributed by atoms with Crippen LogP contribution >= 0.6 is 0 Å². The second-order valence-electron chi connectivity index (χ2n) is 3.92. The highest BCUT2D eigenvalue weighted by atomic mass is 16.3. The molecule has 0 aromatic carbocycles. The molecule has 1 aliphatic heterocycles. The van der Waals surface area contributed by atoms with Gasteiger partial charge in [-0.1, -0.05) is 0 Å². The van der Waals surface area contributed by atoms with Crippen molar-refractivity contribution in [3.8, 4) is 0 Å². The Balaban J connectivity index is 2.47. The van der Waals surface area contributed by atoms with Crippen LogP contribution in [0, 0.1) is 10.8 Å². The van der Waals surface area contributed by atoms with Gasteiger partial charge in [-0.2, -0.15) is 5.12 Å². The minimum absolute atomic E-state index is 0.0540. The first-order valence-electron chi connectivity index (χ1n) is 5.19. The number of carbonyl (C=O) groups is 2. The van der Waals surface area contributed by atoms with Crippen LogP contribution in [-0.4, -0.2) is 41.5 Å². The molecule has 1 heterocycles. The Hall–Kier alpha value is -1.50. The van der Waals surface area contributed by atoms with E-state index in [1.54, 1.807) is 11.9 Å². The molecule has 1 rings (SSSR count). The molecule has 1 amide bonds. The summed E-state index contributed by atoms with van der Waals surface area (Å²) in [4.78, 5) is 32.3. The molecule has 2 N–H and O–H groups in total. The second-order valence-corrected chi connectivity index (χ2v) is 3.92. The summed E-state index contributed by atoms with van der Waals surface area (Å²) in [6.45, 7) is 2.44. The maximum atomic E-state index is 11.1. The Morgan fingerprint density at radius 1 is 1.44 bits per heavy atom. The first kappa shape index (κ1) is 12.6. The number of hydrazine groups is 1. The summed E-state index contributed by atoms with van der Waals surface area (Å²) in [6, 6.07) is 0. The Labute approximate surface area is 93.5 Å². The van der Waals surface area contributed by atoms with Gasteiger partial charge < -0.3 is 5.73 Å². The van der Waals surface area contributed by atoms with Gasteiger partial charge in [-0.25, -0.2) is 5.01 Å². The number of hydrogen-bond acceptors (Lipinski definition) is 5. The fourth-order valence-electron chi connectivity index (χ4n) is 1.82. The minimum atomic E-state index is -0.603. The summed E-state index contributed by atoms with van der Waals surface area (Å²) in [6.07, 6.45) is 1.36. The molecule has 1 aliphatic rings. The Morgan fingerprint density at radius 3 is 2.38 bits per heavy atom. The summed E-state index contributed by atoms with van der Waals surface area (Å²) >= 11 is 0. The molecule has 0 unspecified atom stereocenters. The largest absolute Gasteiger partial charge is 0.368 e. The van der Waals surface area contributed by atoms with Crippen molar-refractivity contribution in [1.29, 1.82) is 0 Å². The zero-order valence-electron chi connectivity index (χ0n) is 9.26. The van der Waals surface area contributed by atoms with E-state index in [0.29, 0.717) is 25.9 Å². The van der Waals surface area contributed by atoms with Crippen LogP contribution in [0.5, 0.6) is 0 Å². The maximum Gasteiger partial charge on any atom is 0.240 e. The number of piperidine rings is 1. The van der Waals surface area contributed by atoms with E-state index in [9.17, 15) is 14.5 Å². The van der Waals surface area contributed by atoms with Gasteiger partial charge in [0.25, 0.3) is 0 Å².